The molecule has 2 aromatic rings. The highest BCUT2D eigenvalue weighted by molar-refractivity contribution is 7.99. The van der Waals surface area contributed by atoms with Crippen molar-refractivity contribution in [1.29, 1.82) is 0 Å². The van der Waals surface area contributed by atoms with E-state index in [1.807, 2.05) is 32.9 Å². The molecule has 0 radical (unpaired) electrons. The predicted octanol–water partition coefficient (Wildman–Crippen LogP) is 3.78. The first-order valence-corrected chi connectivity index (χ1v) is 9.32. The average Bonchev–Trinajstić information content (AvgIpc) is 2.61. The maximum absolute atomic E-state index is 12.4. The lowest BCUT2D eigenvalue weighted by molar-refractivity contribution is -0.124. The van der Waals surface area contributed by atoms with Gasteiger partial charge in [-0.2, -0.15) is 0 Å². The molecule has 0 aliphatic rings. The number of benzene rings is 1. The van der Waals surface area contributed by atoms with Crippen LogP contribution in [0.15, 0.2) is 46.5 Å². The number of aryl methyl sites for hydroxylation is 2. The zero-order valence-corrected chi connectivity index (χ0v) is 16.4. The van der Waals surface area contributed by atoms with Crippen LogP contribution < -0.4 is 5.32 Å². The number of nitrogens with one attached hydrogen (secondary N) is 1. The molecule has 1 heterocycles. The fraction of sp³-hybridized carbons (Fsp3) is 0.350. The Morgan fingerprint density at radius 1 is 1.19 bits per heavy atom. The fourth-order valence-electron chi connectivity index (χ4n) is 2.09. The molecule has 26 heavy (non-hydrogen) atoms. The van der Waals surface area contributed by atoms with E-state index in [-0.39, 0.29) is 12.5 Å². The van der Waals surface area contributed by atoms with E-state index >= 15 is 0 Å². The monoisotopic (exact) mass is 372 g/mol. The molecule has 1 aromatic heterocycles. The number of nitrogens with zero attached hydrogens (tertiary/aromatic N) is 1. The number of carbonyl (C=O) groups is 2. The molecule has 5 nitrogen and oxygen atoms in total. The molecular weight excluding hydrogens is 348 g/mol. The number of rotatable bonds is 7. The molecule has 0 saturated heterocycles. The van der Waals surface area contributed by atoms with Gasteiger partial charge in [-0.3, -0.25) is 4.79 Å². The fourth-order valence-corrected chi connectivity index (χ4v) is 3.06. The molecule has 2 rings (SSSR count). The van der Waals surface area contributed by atoms with Crippen molar-refractivity contribution in [3.8, 4) is 0 Å². The minimum atomic E-state index is -0.552. The van der Waals surface area contributed by atoms with Crippen LogP contribution in [-0.2, 0) is 9.53 Å². The van der Waals surface area contributed by atoms with Crippen LogP contribution in [0.25, 0.3) is 0 Å². The highest BCUT2D eigenvalue weighted by Gasteiger charge is 2.16. The number of amides is 1. The summed E-state index contributed by atoms with van der Waals surface area (Å²) in [4.78, 5) is 29.4. The first kappa shape index (κ1) is 20.0. The second-order valence-corrected chi connectivity index (χ2v) is 7.54. The zero-order chi connectivity index (χ0) is 19.1. The Hall–Kier alpha value is -2.34. The van der Waals surface area contributed by atoms with E-state index in [0.717, 1.165) is 4.90 Å². The normalized spacial score (nSPS) is 10.7. The summed E-state index contributed by atoms with van der Waals surface area (Å²) < 4.78 is 5.14. The molecule has 0 fully saturated rings. The van der Waals surface area contributed by atoms with Crippen molar-refractivity contribution in [2.45, 2.75) is 37.6 Å². The Balaban J connectivity index is 2.04. The average molecular weight is 372 g/mol. The number of hydrogen-bond donors (Lipinski definition) is 1. The maximum Gasteiger partial charge on any atom is 0.341 e. The Morgan fingerprint density at radius 2 is 1.96 bits per heavy atom. The highest BCUT2D eigenvalue weighted by Crippen LogP contribution is 2.30. The van der Waals surface area contributed by atoms with Gasteiger partial charge in [-0.05, 0) is 55.2 Å². The smallest absolute Gasteiger partial charge is 0.341 e. The Bertz CT molecular complexity index is 790. The van der Waals surface area contributed by atoms with Gasteiger partial charge in [-0.15, -0.1) is 0 Å². The number of pyridine rings is 1. The van der Waals surface area contributed by atoms with Crippen LogP contribution in [0.2, 0.25) is 0 Å². The third kappa shape index (κ3) is 5.88. The number of esters is 1. The molecule has 0 aliphatic heterocycles. The minimum absolute atomic E-state index is 0.297. The lowest BCUT2D eigenvalue weighted by Gasteiger charge is -2.10. The van der Waals surface area contributed by atoms with Crippen molar-refractivity contribution in [3.05, 3.63) is 53.2 Å². The molecule has 0 bridgehead atoms. The predicted molar refractivity (Wildman–Crippen MR) is 102 cm³/mol. The molecule has 1 N–H and O–H groups in total. The quantitative estimate of drug-likeness (QED) is 0.749. The van der Waals surface area contributed by atoms with Crippen LogP contribution >= 0.6 is 11.8 Å². The molecule has 0 aliphatic carbocycles. The van der Waals surface area contributed by atoms with Gasteiger partial charge in [0.05, 0.1) is 5.56 Å². The summed E-state index contributed by atoms with van der Waals surface area (Å²) in [5, 5.41) is 3.28. The van der Waals surface area contributed by atoms with Crippen molar-refractivity contribution < 1.29 is 14.3 Å². The molecule has 138 valence electrons. The van der Waals surface area contributed by atoms with E-state index in [1.165, 1.54) is 22.9 Å². The number of ether oxygens (including phenoxy) is 1. The Kier molecular flexibility index (Phi) is 7.21. The van der Waals surface area contributed by atoms with Gasteiger partial charge in [0.2, 0.25) is 0 Å². The second-order valence-electron chi connectivity index (χ2n) is 6.48. The molecule has 1 aromatic carbocycles. The molecule has 1 amide bonds. The van der Waals surface area contributed by atoms with E-state index in [2.05, 4.69) is 23.3 Å². The van der Waals surface area contributed by atoms with Crippen molar-refractivity contribution in [2.24, 2.45) is 5.92 Å². The van der Waals surface area contributed by atoms with Gasteiger partial charge in [0.15, 0.2) is 6.61 Å². The summed E-state index contributed by atoms with van der Waals surface area (Å²) in [7, 11) is 0. The SMILES string of the molecule is Cc1ccc(Sc2ncccc2C(=O)OCC(=O)NCC(C)C)cc1C. The van der Waals surface area contributed by atoms with Gasteiger partial charge in [0.1, 0.15) is 5.03 Å². The van der Waals surface area contributed by atoms with E-state index in [9.17, 15) is 9.59 Å². The van der Waals surface area contributed by atoms with Gasteiger partial charge < -0.3 is 10.1 Å². The lowest BCUT2D eigenvalue weighted by atomic mass is 10.1. The van der Waals surface area contributed by atoms with Crippen LogP contribution in [0.1, 0.15) is 35.3 Å². The summed E-state index contributed by atoms with van der Waals surface area (Å²) in [6, 6.07) is 9.43. The maximum atomic E-state index is 12.4. The van der Waals surface area contributed by atoms with Crippen molar-refractivity contribution >= 4 is 23.6 Å². The topological polar surface area (TPSA) is 68.3 Å². The third-order valence-corrected chi connectivity index (χ3v) is 4.73. The van der Waals surface area contributed by atoms with Crippen LogP contribution in [0.5, 0.6) is 0 Å². The number of hydrogen-bond acceptors (Lipinski definition) is 5. The van der Waals surface area contributed by atoms with Crippen molar-refractivity contribution in [2.75, 3.05) is 13.2 Å². The summed E-state index contributed by atoms with van der Waals surface area (Å²) >= 11 is 1.40. The lowest BCUT2D eigenvalue weighted by Crippen LogP contribution is -2.31. The minimum Gasteiger partial charge on any atom is -0.452 e. The third-order valence-electron chi connectivity index (χ3n) is 3.73. The molecule has 0 spiro atoms. The van der Waals surface area contributed by atoms with Crippen LogP contribution in [0, 0.1) is 19.8 Å². The Morgan fingerprint density at radius 3 is 2.65 bits per heavy atom. The molecule has 0 unspecified atom stereocenters. The largest absolute Gasteiger partial charge is 0.452 e. The first-order chi connectivity index (χ1) is 12.4. The second kappa shape index (κ2) is 9.38. The van der Waals surface area contributed by atoms with Crippen LogP contribution in [-0.4, -0.2) is 30.0 Å². The summed E-state index contributed by atoms with van der Waals surface area (Å²) in [5.41, 5.74) is 2.74. The van der Waals surface area contributed by atoms with Crippen molar-refractivity contribution in [3.63, 3.8) is 0 Å². The van der Waals surface area contributed by atoms with E-state index < -0.39 is 5.97 Å². The summed E-state index contributed by atoms with van der Waals surface area (Å²) in [6.45, 7) is 8.35. The van der Waals surface area contributed by atoms with Gasteiger partial charge in [0.25, 0.3) is 5.91 Å². The van der Waals surface area contributed by atoms with Crippen LogP contribution in [0.3, 0.4) is 0 Å². The summed E-state index contributed by atoms with van der Waals surface area (Å²) in [5.74, 6) is -0.516. The first-order valence-electron chi connectivity index (χ1n) is 8.50. The van der Waals surface area contributed by atoms with Gasteiger partial charge in [-0.1, -0.05) is 31.7 Å². The molecule has 0 saturated carbocycles. The Labute approximate surface area is 158 Å². The molecule has 0 atom stereocenters. The van der Waals surface area contributed by atoms with Crippen LogP contribution in [0.4, 0.5) is 0 Å². The van der Waals surface area contributed by atoms with Crippen molar-refractivity contribution in [1.82, 2.24) is 10.3 Å². The molecule has 6 heteroatoms. The van der Waals surface area contributed by atoms with Gasteiger partial charge in [0, 0.05) is 17.6 Å². The van der Waals surface area contributed by atoms with E-state index in [1.54, 1.807) is 18.3 Å². The molecular formula is C20H24N2O3S. The van der Waals surface area contributed by atoms with Gasteiger partial charge in [-0.25, -0.2) is 9.78 Å². The summed E-state index contributed by atoms with van der Waals surface area (Å²) in [6.07, 6.45) is 1.63. The van der Waals surface area contributed by atoms with E-state index in [4.69, 9.17) is 4.74 Å². The standard InChI is InChI=1S/C20H24N2O3S/c1-13(2)11-22-18(23)12-25-20(24)17-6-5-9-21-19(17)26-16-8-7-14(3)15(4)10-16/h5-10,13H,11-12H2,1-4H3,(H,22,23). The van der Waals surface area contributed by atoms with Gasteiger partial charge >= 0.3 is 5.97 Å². The zero-order valence-electron chi connectivity index (χ0n) is 15.5. The highest BCUT2D eigenvalue weighted by atomic mass is 32.2. The number of carbonyl (C=O) groups excluding carboxylic acids is 2. The van der Waals surface area contributed by atoms with E-state index in [0.29, 0.717) is 23.1 Å². The number of aromatic nitrogens is 1.